The third-order valence-corrected chi connectivity index (χ3v) is 3.44. The first-order valence-electron chi connectivity index (χ1n) is 5.93. The van der Waals surface area contributed by atoms with Crippen LogP contribution in [0.1, 0.15) is 19.4 Å². The van der Waals surface area contributed by atoms with Gasteiger partial charge in [-0.25, -0.2) is 0 Å². The molecule has 4 nitrogen and oxygen atoms in total. The van der Waals surface area contributed by atoms with Gasteiger partial charge in [0.1, 0.15) is 4.99 Å². The summed E-state index contributed by atoms with van der Waals surface area (Å²) in [7, 11) is 0. The predicted molar refractivity (Wildman–Crippen MR) is 79.2 cm³/mol. The van der Waals surface area contributed by atoms with Crippen LogP contribution in [-0.2, 0) is 11.3 Å². The fraction of sp³-hybridized carbons (Fsp3) is 0.286. The van der Waals surface area contributed by atoms with Gasteiger partial charge in [-0.3, -0.25) is 4.79 Å². The average molecular weight is 276 g/mol. The lowest BCUT2D eigenvalue weighted by Crippen LogP contribution is -2.28. The second-order valence-corrected chi connectivity index (χ2v) is 5.71. The molecular formula is C14H16N2O2S. The minimum absolute atomic E-state index is 0.362. The molecule has 1 aromatic carbocycles. The molecule has 0 radical (unpaired) electrons. The van der Waals surface area contributed by atoms with E-state index in [4.69, 9.17) is 18.0 Å². The van der Waals surface area contributed by atoms with Crippen molar-refractivity contribution in [3.05, 3.63) is 36.0 Å². The number of aliphatic carboxylic acids is 1. The van der Waals surface area contributed by atoms with Crippen molar-refractivity contribution in [1.29, 1.82) is 0 Å². The summed E-state index contributed by atoms with van der Waals surface area (Å²) < 4.78 is 1.94. The number of aromatic nitrogens is 1. The van der Waals surface area contributed by atoms with Gasteiger partial charge in [0.25, 0.3) is 0 Å². The number of hydrogen-bond acceptors (Lipinski definition) is 2. The van der Waals surface area contributed by atoms with E-state index in [1.807, 2.05) is 35.0 Å². The number of hydrogen-bond donors (Lipinski definition) is 2. The van der Waals surface area contributed by atoms with Gasteiger partial charge in [0.05, 0.1) is 5.41 Å². The van der Waals surface area contributed by atoms with Crippen LogP contribution in [0.3, 0.4) is 0 Å². The molecule has 1 aromatic heterocycles. The molecule has 1 heterocycles. The highest BCUT2D eigenvalue weighted by molar-refractivity contribution is 7.80. The first-order chi connectivity index (χ1) is 8.81. The lowest BCUT2D eigenvalue weighted by Gasteiger charge is -2.20. The number of carboxylic acid groups (broad SMARTS) is 1. The molecule has 2 rings (SSSR count). The van der Waals surface area contributed by atoms with E-state index in [-0.39, 0.29) is 0 Å². The van der Waals surface area contributed by atoms with Gasteiger partial charge in [-0.1, -0.05) is 12.2 Å². The van der Waals surface area contributed by atoms with Crippen LogP contribution in [0, 0.1) is 5.41 Å². The van der Waals surface area contributed by atoms with Crippen LogP contribution in [-0.4, -0.2) is 20.6 Å². The molecule has 0 aliphatic heterocycles. The largest absolute Gasteiger partial charge is 0.481 e. The minimum Gasteiger partial charge on any atom is -0.481 e. The number of rotatable bonds is 4. The highest BCUT2D eigenvalue weighted by Crippen LogP contribution is 2.24. The molecule has 0 aliphatic carbocycles. The highest BCUT2D eigenvalue weighted by Gasteiger charge is 2.27. The van der Waals surface area contributed by atoms with Crippen molar-refractivity contribution in [3.63, 3.8) is 0 Å². The van der Waals surface area contributed by atoms with E-state index in [0.717, 1.165) is 16.5 Å². The van der Waals surface area contributed by atoms with E-state index in [1.165, 1.54) is 0 Å². The maximum atomic E-state index is 11.2. The van der Waals surface area contributed by atoms with Gasteiger partial charge in [0.2, 0.25) is 0 Å². The molecular weight excluding hydrogens is 260 g/mol. The fourth-order valence-electron chi connectivity index (χ4n) is 1.98. The molecule has 2 aromatic rings. The average Bonchev–Trinajstić information content (AvgIpc) is 2.71. The highest BCUT2D eigenvalue weighted by atomic mass is 32.1. The van der Waals surface area contributed by atoms with Gasteiger partial charge in [0, 0.05) is 29.2 Å². The Hall–Kier alpha value is -1.88. The van der Waals surface area contributed by atoms with E-state index in [1.54, 1.807) is 13.8 Å². The van der Waals surface area contributed by atoms with Crippen molar-refractivity contribution in [2.24, 2.45) is 11.1 Å². The summed E-state index contributed by atoms with van der Waals surface area (Å²) in [6.07, 6.45) is 1.89. The molecule has 0 bridgehead atoms. The first-order valence-corrected chi connectivity index (χ1v) is 6.34. The number of fused-ring (bicyclic) bond motifs is 1. The van der Waals surface area contributed by atoms with E-state index in [9.17, 15) is 9.90 Å². The van der Waals surface area contributed by atoms with E-state index in [2.05, 4.69) is 0 Å². The standard InChI is InChI=1S/C14H16N2O2S/c1-14(2,13(17)18)8-16-6-5-9-7-10(12(15)19)3-4-11(9)16/h3-7H,8H2,1-2H3,(H2,15,19)(H,17,18). The topological polar surface area (TPSA) is 68.2 Å². The Morgan fingerprint density at radius 1 is 1.42 bits per heavy atom. The maximum Gasteiger partial charge on any atom is 0.310 e. The normalized spacial score (nSPS) is 11.7. The second-order valence-electron chi connectivity index (χ2n) is 5.27. The van der Waals surface area contributed by atoms with Gasteiger partial charge in [-0.2, -0.15) is 0 Å². The molecule has 0 unspecified atom stereocenters. The summed E-state index contributed by atoms with van der Waals surface area (Å²) in [5.74, 6) is -0.811. The molecule has 3 N–H and O–H groups in total. The van der Waals surface area contributed by atoms with E-state index in [0.29, 0.717) is 11.5 Å². The number of carbonyl (C=O) groups is 1. The number of thiocarbonyl (C=S) groups is 1. The van der Waals surface area contributed by atoms with E-state index >= 15 is 0 Å². The quantitative estimate of drug-likeness (QED) is 0.841. The Balaban J connectivity index is 2.42. The van der Waals surface area contributed by atoms with Crippen LogP contribution >= 0.6 is 12.2 Å². The van der Waals surface area contributed by atoms with E-state index < -0.39 is 11.4 Å². The molecule has 0 saturated heterocycles. The summed E-state index contributed by atoms with van der Waals surface area (Å²) in [6.45, 7) is 3.84. The van der Waals surface area contributed by atoms with Gasteiger partial charge in [0.15, 0.2) is 0 Å². The summed E-state index contributed by atoms with van der Waals surface area (Å²) >= 11 is 4.95. The zero-order valence-electron chi connectivity index (χ0n) is 10.9. The molecule has 19 heavy (non-hydrogen) atoms. The Morgan fingerprint density at radius 3 is 2.68 bits per heavy atom. The Morgan fingerprint density at radius 2 is 2.11 bits per heavy atom. The summed E-state index contributed by atoms with van der Waals surface area (Å²) in [6, 6.07) is 7.63. The van der Waals surface area contributed by atoms with Crippen LogP contribution in [0.25, 0.3) is 10.9 Å². The third kappa shape index (κ3) is 2.61. The molecule has 0 aliphatic rings. The maximum absolute atomic E-state index is 11.2. The van der Waals surface area contributed by atoms with Crippen molar-refractivity contribution < 1.29 is 9.90 Å². The lowest BCUT2D eigenvalue weighted by atomic mass is 9.94. The van der Waals surface area contributed by atoms with Crippen molar-refractivity contribution in [2.75, 3.05) is 0 Å². The van der Waals surface area contributed by atoms with Crippen LogP contribution < -0.4 is 5.73 Å². The zero-order chi connectivity index (χ0) is 14.2. The third-order valence-electron chi connectivity index (χ3n) is 3.20. The Kier molecular flexibility index (Phi) is 3.32. The molecule has 100 valence electrons. The smallest absolute Gasteiger partial charge is 0.310 e. The molecule has 0 atom stereocenters. The van der Waals surface area contributed by atoms with Crippen molar-refractivity contribution in [2.45, 2.75) is 20.4 Å². The number of benzene rings is 1. The van der Waals surface area contributed by atoms with Crippen molar-refractivity contribution >= 4 is 34.1 Å². The SMILES string of the molecule is CC(C)(Cn1ccc2cc(C(N)=S)ccc21)C(=O)O. The second kappa shape index (κ2) is 4.66. The lowest BCUT2D eigenvalue weighted by molar-refractivity contribution is -0.147. The fourth-order valence-corrected chi connectivity index (χ4v) is 2.11. The molecule has 5 heteroatoms. The van der Waals surface area contributed by atoms with Gasteiger partial charge in [-0.15, -0.1) is 0 Å². The minimum atomic E-state index is -0.812. The van der Waals surface area contributed by atoms with Gasteiger partial charge >= 0.3 is 5.97 Å². The molecule has 0 amide bonds. The predicted octanol–water partition coefficient (Wildman–Crippen LogP) is 2.39. The monoisotopic (exact) mass is 276 g/mol. The number of nitrogens with zero attached hydrogens (tertiary/aromatic N) is 1. The Labute approximate surface area is 116 Å². The Bertz CT molecular complexity index is 659. The van der Waals surface area contributed by atoms with Gasteiger partial charge in [-0.05, 0) is 38.1 Å². The van der Waals surface area contributed by atoms with Crippen molar-refractivity contribution in [3.8, 4) is 0 Å². The van der Waals surface area contributed by atoms with Crippen LogP contribution in [0.2, 0.25) is 0 Å². The van der Waals surface area contributed by atoms with Gasteiger partial charge < -0.3 is 15.4 Å². The first kappa shape index (κ1) is 13.5. The van der Waals surface area contributed by atoms with Crippen LogP contribution in [0.15, 0.2) is 30.5 Å². The summed E-state index contributed by atoms with van der Waals surface area (Å²) in [4.78, 5) is 11.5. The zero-order valence-corrected chi connectivity index (χ0v) is 11.7. The summed E-state index contributed by atoms with van der Waals surface area (Å²) in [5.41, 5.74) is 6.59. The molecule has 0 spiro atoms. The van der Waals surface area contributed by atoms with Crippen molar-refractivity contribution in [1.82, 2.24) is 4.57 Å². The van der Waals surface area contributed by atoms with Crippen LogP contribution in [0.4, 0.5) is 0 Å². The molecule has 0 fully saturated rings. The summed E-state index contributed by atoms with van der Waals surface area (Å²) in [5, 5.41) is 10.2. The van der Waals surface area contributed by atoms with Crippen LogP contribution in [0.5, 0.6) is 0 Å². The number of carboxylic acids is 1. The number of nitrogens with two attached hydrogens (primary N) is 1. The molecule has 0 saturated carbocycles.